The molecule has 1 N–H and O–H groups in total. The molecule has 3 rings (SSSR count). The minimum Gasteiger partial charge on any atom is -0.497 e. The van der Waals surface area contributed by atoms with E-state index in [1.54, 1.807) is 31.4 Å². The SMILES string of the molecule is COc1ccc(NC(=O)C2(S(=O)(=O)c3ccc(Cl)cc3)CC2)cc1. The number of rotatable bonds is 5. The highest BCUT2D eigenvalue weighted by atomic mass is 35.5. The fourth-order valence-corrected chi connectivity index (χ4v) is 4.50. The molecule has 2 aromatic carbocycles. The van der Waals surface area contributed by atoms with Crippen molar-refractivity contribution >= 4 is 33.0 Å². The highest BCUT2D eigenvalue weighted by molar-refractivity contribution is 7.94. The van der Waals surface area contributed by atoms with Crippen molar-refractivity contribution in [1.82, 2.24) is 0 Å². The number of carbonyl (C=O) groups is 1. The highest BCUT2D eigenvalue weighted by Gasteiger charge is 2.61. The van der Waals surface area contributed by atoms with Crippen molar-refractivity contribution in [3.05, 3.63) is 53.6 Å². The summed E-state index contributed by atoms with van der Waals surface area (Å²) in [6, 6.07) is 12.6. The van der Waals surface area contributed by atoms with Crippen molar-refractivity contribution in [2.45, 2.75) is 22.5 Å². The molecule has 0 atom stereocenters. The normalized spacial score (nSPS) is 15.6. The van der Waals surface area contributed by atoms with Crippen LogP contribution in [0.25, 0.3) is 0 Å². The first-order valence-electron chi connectivity index (χ1n) is 7.35. The van der Waals surface area contributed by atoms with E-state index in [9.17, 15) is 13.2 Å². The van der Waals surface area contributed by atoms with E-state index < -0.39 is 20.5 Å². The number of benzene rings is 2. The summed E-state index contributed by atoms with van der Waals surface area (Å²) in [5, 5.41) is 3.13. The van der Waals surface area contributed by atoms with Crippen molar-refractivity contribution in [2.75, 3.05) is 12.4 Å². The van der Waals surface area contributed by atoms with Crippen molar-refractivity contribution in [3.63, 3.8) is 0 Å². The van der Waals surface area contributed by atoms with Gasteiger partial charge in [-0.25, -0.2) is 8.42 Å². The Labute approximate surface area is 145 Å². The number of halogens is 1. The highest BCUT2D eigenvalue weighted by Crippen LogP contribution is 2.47. The van der Waals surface area contributed by atoms with E-state index in [2.05, 4.69) is 5.32 Å². The summed E-state index contributed by atoms with van der Waals surface area (Å²) < 4.78 is 29.3. The number of hydrogen-bond donors (Lipinski definition) is 1. The molecule has 2 aromatic rings. The van der Waals surface area contributed by atoms with Crippen LogP contribution < -0.4 is 10.1 Å². The lowest BCUT2D eigenvalue weighted by atomic mass is 10.3. The largest absolute Gasteiger partial charge is 0.497 e. The smallest absolute Gasteiger partial charge is 0.246 e. The molecule has 5 nitrogen and oxygen atoms in total. The Morgan fingerprint density at radius 1 is 1.08 bits per heavy atom. The van der Waals surface area contributed by atoms with Gasteiger partial charge in [-0.05, 0) is 61.4 Å². The molecule has 0 bridgehead atoms. The van der Waals surface area contributed by atoms with E-state index in [0.717, 1.165) is 0 Å². The molecular formula is C17H16ClNO4S. The summed E-state index contributed by atoms with van der Waals surface area (Å²) in [4.78, 5) is 12.7. The molecule has 126 valence electrons. The summed E-state index contributed by atoms with van der Waals surface area (Å²) in [6.07, 6.45) is 0.611. The molecule has 0 heterocycles. The van der Waals surface area contributed by atoms with Gasteiger partial charge in [0.15, 0.2) is 14.6 Å². The molecule has 0 unspecified atom stereocenters. The van der Waals surface area contributed by atoms with E-state index >= 15 is 0 Å². The standard InChI is InChI=1S/C17H16ClNO4S/c1-23-14-6-4-13(5-7-14)19-16(20)17(10-11-17)24(21,22)15-8-2-12(18)3-9-15/h2-9H,10-11H2,1H3,(H,19,20). The van der Waals surface area contributed by atoms with Crippen LogP contribution in [0.3, 0.4) is 0 Å². The van der Waals surface area contributed by atoms with Crippen LogP contribution in [0.15, 0.2) is 53.4 Å². The number of hydrogen-bond acceptors (Lipinski definition) is 4. The lowest BCUT2D eigenvalue weighted by molar-refractivity contribution is -0.116. The second-order valence-electron chi connectivity index (χ2n) is 5.63. The van der Waals surface area contributed by atoms with E-state index in [1.165, 1.54) is 24.3 Å². The van der Waals surface area contributed by atoms with Gasteiger partial charge in [-0.15, -0.1) is 0 Å². The van der Waals surface area contributed by atoms with Crippen LogP contribution in [-0.4, -0.2) is 26.2 Å². The maximum absolute atomic E-state index is 12.8. The van der Waals surface area contributed by atoms with Gasteiger partial charge in [0.25, 0.3) is 0 Å². The Balaban J connectivity index is 1.84. The van der Waals surface area contributed by atoms with E-state index in [4.69, 9.17) is 16.3 Å². The molecule has 1 saturated carbocycles. The molecule has 0 saturated heterocycles. The predicted molar refractivity (Wildman–Crippen MR) is 92.2 cm³/mol. The minimum absolute atomic E-state index is 0.106. The van der Waals surface area contributed by atoms with Crippen molar-refractivity contribution in [3.8, 4) is 5.75 Å². The first-order chi connectivity index (χ1) is 11.4. The van der Waals surface area contributed by atoms with Crippen LogP contribution in [0.1, 0.15) is 12.8 Å². The van der Waals surface area contributed by atoms with Gasteiger partial charge in [-0.3, -0.25) is 4.79 Å². The first kappa shape index (κ1) is 16.8. The van der Waals surface area contributed by atoms with Crippen LogP contribution in [0, 0.1) is 0 Å². The zero-order chi connectivity index (χ0) is 17.4. The van der Waals surface area contributed by atoms with E-state index in [1.807, 2.05) is 0 Å². The third kappa shape index (κ3) is 2.87. The lowest BCUT2D eigenvalue weighted by Crippen LogP contribution is -2.37. The van der Waals surface area contributed by atoms with Crippen molar-refractivity contribution < 1.29 is 17.9 Å². The third-order valence-corrected chi connectivity index (χ3v) is 6.87. The maximum Gasteiger partial charge on any atom is 0.246 e. The molecule has 1 amide bonds. The van der Waals surface area contributed by atoms with Gasteiger partial charge in [-0.2, -0.15) is 0 Å². The maximum atomic E-state index is 12.8. The number of amides is 1. The van der Waals surface area contributed by atoms with Gasteiger partial charge in [-0.1, -0.05) is 11.6 Å². The number of anilines is 1. The third-order valence-electron chi connectivity index (χ3n) is 4.10. The quantitative estimate of drug-likeness (QED) is 0.882. The van der Waals surface area contributed by atoms with Gasteiger partial charge in [0.05, 0.1) is 12.0 Å². The molecular weight excluding hydrogens is 350 g/mol. The lowest BCUT2D eigenvalue weighted by Gasteiger charge is -2.16. The number of sulfone groups is 1. The van der Waals surface area contributed by atoms with Crippen LogP contribution >= 0.6 is 11.6 Å². The molecule has 24 heavy (non-hydrogen) atoms. The predicted octanol–water partition coefficient (Wildman–Crippen LogP) is 3.29. The molecule has 1 fully saturated rings. The summed E-state index contributed by atoms with van der Waals surface area (Å²) in [5.41, 5.74) is 0.526. The molecule has 0 aromatic heterocycles. The number of carbonyl (C=O) groups excluding carboxylic acids is 1. The van der Waals surface area contributed by atoms with Crippen LogP contribution in [0.5, 0.6) is 5.75 Å². The average Bonchev–Trinajstić information content (AvgIpc) is 3.38. The summed E-state index contributed by atoms with van der Waals surface area (Å²) in [5.74, 6) is 0.144. The molecule has 0 radical (unpaired) electrons. The Kier molecular flexibility index (Phi) is 4.27. The van der Waals surface area contributed by atoms with Crippen LogP contribution in [0.2, 0.25) is 5.02 Å². The van der Waals surface area contributed by atoms with Crippen molar-refractivity contribution in [1.29, 1.82) is 0 Å². The summed E-state index contributed by atoms with van der Waals surface area (Å²) in [7, 11) is -2.22. The topological polar surface area (TPSA) is 72.5 Å². The van der Waals surface area contributed by atoms with Gasteiger partial charge in [0.1, 0.15) is 5.75 Å². The molecule has 1 aliphatic carbocycles. The molecule has 1 aliphatic rings. The van der Waals surface area contributed by atoms with Crippen molar-refractivity contribution in [2.24, 2.45) is 0 Å². The van der Waals surface area contributed by atoms with Gasteiger partial charge >= 0.3 is 0 Å². The Morgan fingerprint density at radius 3 is 2.17 bits per heavy atom. The Bertz CT molecular complexity index is 856. The molecule has 0 spiro atoms. The van der Waals surface area contributed by atoms with Gasteiger partial charge in [0.2, 0.25) is 5.91 Å². The Hall–Kier alpha value is -2.05. The monoisotopic (exact) mass is 365 g/mol. The zero-order valence-electron chi connectivity index (χ0n) is 13.0. The second-order valence-corrected chi connectivity index (χ2v) is 8.33. The molecule has 7 heteroatoms. The number of nitrogens with one attached hydrogen (secondary N) is 1. The summed E-state index contributed by atoms with van der Waals surface area (Å²) >= 11 is 5.80. The number of methoxy groups -OCH3 is 1. The van der Waals surface area contributed by atoms with E-state index in [-0.39, 0.29) is 4.90 Å². The fourth-order valence-electron chi connectivity index (χ4n) is 2.49. The van der Waals surface area contributed by atoms with Gasteiger partial charge < -0.3 is 10.1 Å². The van der Waals surface area contributed by atoms with E-state index in [0.29, 0.717) is 29.3 Å². The fraction of sp³-hybridized carbons (Fsp3) is 0.235. The summed E-state index contributed by atoms with van der Waals surface area (Å²) in [6.45, 7) is 0. The van der Waals surface area contributed by atoms with Crippen LogP contribution in [0.4, 0.5) is 5.69 Å². The Morgan fingerprint density at radius 2 is 1.67 bits per heavy atom. The average molecular weight is 366 g/mol. The first-order valence-corrected chi connectivity index (χ1v) is 9.21. The minimum atomic E-state index is -3.77. The molecule has 0 aliphatic heterocycles. The number of ether oxygens (including phenoxy) is 1. The second kappa shape index (κ2) is 6.11. The van der Waals surface area contributed by atoms with Gasteiger partial charge in [0, 0.05) is 10.7 Å². The van der Waals surface area contributed by atoms with Crippen LogP contribution in [-0.2, 0) is 14.6 Å². The zero-order valence-corrected chi connectivity index (χ0v) is 14.5.